The third-order valence-electron chi connectivity index (χ3n) is 11.2. The molecule has 6 atom stereocenters. The lowest BCUT2D eigenvalue weighted by atomic mass is 9.94. The first-order valence-electron chi connectivity index (χ1n) is 21.6. The zero-order chi connectivity index (χ0) is 46.0. The molecule has 4 amide bonds. The molecule has 7 rings (SSSR count). The summed E-state index contributed by atoms with van der Waals surface area (Å²) in [7, 11) is 0. The van der Waals surface area contributed by atoms with Crippen molar-refractivity contribution in [3.8, 4) is 0 Å². The fourth-order valence-corrected chi connectivity index (χ4v) is 7.71. The summed E-state index contributed by atoms with van der Waals surface area (Å²) >= 11 is 0. The van der Waals surface area contributed by atoms with Crippen LogP contribution in [-0.4, -0.2) is 70.3 Å². The number of nitrogens with one attached hydrogen (secondary N) is 4. The van der Waals surface area contributed by atoms with Crippen LogP contribution in [0.15, 0.2) is 121 Å². The number of alkyl carbamates (subject to hydrolysis) is 2. The van der Waals surface area contributed by atoms with E-state index in [2.05, 4.69) is 31.2 Å². The first-order chi connectivity index (χ1) is 31.3. The molecule has 0 aliphatic carbocycles. The minimum Gasteiger partial charge on any atom is -0.443 e. The molecule has 0 radical (unpaired) electrons. The number of fused-ring (bicyclic) bond motifs is 2. The summed E-state index contributed by atoms with van der Waals surface area (Å²) in [5, 5.41) is 12.8. The van der Waals surface area contributed by atoms with Gasteiger partial charge in [-0.15, -0.1) is 0 Å². The minimum atomic E-state index is -1.00. The average molecular weight is 887 g/mol. The highest BCUT2D eigenvalue weighted by atomic mass is 19.1. The van der Waals surface area contributed by atoms with Crippen molar-refractivity contribution >= 4 is 45.8 Å². The summed E-state index contributed by atoms with van der Waals surface area (Å²) in [6.07, 6.45) is -2.06. The van der Waals surface area contributed by atoms with Crippen LogP contribution in [0.3, 0.4) is 0 Å². The summed E-state index contributed by atoms with van der Waals surface area (Å²) in [5.74, 6) is -2.62. The van der Waals surface area contributed by atoms with Gasteiger partial charge in [0.05, 0.1) is 23.5 Å². The fourth-order valence-electron chi connectivity index (χ4n) is 7.71. The Bertz CT molecular complexity index is 2440. The molecule has 338 valence electrons. The number of benzene rings is 4. The number of hydrogen-bond donors (Lipinski definition) is 4. The van der Waals surface area contributed by atoms with Gasteiger partial charge in [0.25, 0.3) is 0 Å². The third-order valence-corrected chi connectivity index (χ3v) is 11.2. The van der Waals surface area contributed by atoms with Crippen LogP contribution >= 0.6 is 0 Å². The molecule has 1 fully saturated rings. The van der Waals surface area contributed by atoms with E-state index >= 15 is 0 Å². The molecule has 2 aromatic heterocycles. The van der Waals surface area contributed by atoms with Crippen molar-refractivity contribution in [2.24, 2.45) is 11.8 Å². The summed E-state index contributed by atoms with van der Waals surface area (Å²) < 4.78 is 46.0. The van der Waals surface area contributed by atoms with E-state index in [1.807, 2.05) is 60.7 Å². The standard InChI is InChI=1S/C50H52F2N6O7/c1-29(2)41(57-49(61)63-27-35-23-21-33-17-11-19-37(51)43(33)53-35)47(59)55-39(25-31-13-7-5-8-14-31)45-46(65-45)40(26-32-15-9-6-10-16-32)56-48(60)42(30(3)4)58-50(62)64-28-36-24-22-34-18-12-20-38(52)44(34)54-36/h5-24,29-30,39-42,45-46H,25-28H2,1-4H3,(H,55,59)(H,56,60)(H,57,61)(H,58,62)/t39-,40-,41-,42-,45-,46+/m0/s1. The number of halogens is 2. The first kappa shape index (κ1) is 46.0. The first-order valence-corrected chi connectivity index (χ1v) is 21.6. The van der Waals surface area contributed by atoms with Gasteiger partial charge in [-0.25, -0.2) is 28.3 Å². The van der Waals surface area contributed by atoms with Crippen molar-refractivity contribution in [1.29, 1.82) is 0 Å². The van der Waals surface area contributed by atoms with E-state index in [4.69, 9.17) is 14.2 Å². The predicted molar refractivity (Wildman–Crippen MR) is 240 cm³/mol. The third kappa shape index (κ3) is 12.2. The lowest BCUT2D eigenvalue weighted by molar-refractivity contribution is -0.125. The quantitative estimate of drug-likeness (QED) is 0.0639. The molecule has 65 heavy (non-hydrogen) atoms. The molecule has 15 heteroatoms. The largest absolute Gasteiger partial charge is 0.443 e. The highest BCUT2D eigenvalue weighted by Gasteiger charge is 2.51. The van der Waals surface area contributed by atoms with Gasteiger partial charge in [-0.1, -0.05) is 125 Å². The lowest BCUT2D eigenvalue weighted by Gasteiger charge is -2.26. The van der Waals surface area contributed by atoms with Crippen LogP contribution in [0.5, 0.6) is 0 Å². The van der Waals surface area contributed by atoms with E-state index in [1.165, 1.54) is 12.1 Å². The Morgan fingerprint density at radius 3 is 1.32 bits per heavy atom. The van der Waals surface area contributed by atoms with Crippen LogP contribution in [0.1, 0.15) is 50.2 Å². The van der Waals surface area contributed by atoms with Gasteiger partial charge in [-0.05, 0) is 60.1 Å². The molecule has 3 heterocycles. The Labute approximate surface area is 375 Å². The molecule has 4 N–H and O–H groups in total. The SMILES string of the molecule is CC(C)[C@H](NC(=O)OCc1ccc2cccc(F)c2n1)C(=O)N[C@@H](Cc1ccccc1)[C@@H]1O[C@@H]1[C@H](Cc1ccccc1)NC(=O)[C@@H](NC(=O)OCc1ccc2cccc(F)c2n1)C(C)C. The molecule has 0 spiro atoms. The number of rotatable bonds is 18. The summed E-state index contributed by atoms with van der Waals surface area (Å²) in [5.41, 5.74) is 2.85. The monoisotopic (exact) mass is 886 g/mol. The van der Waals surface area contributed by atoms with Crippen molar-refractivity contribution in [1.82, 2.24) is 31.2 Å². The predicted octanol–water partition coefficient (Wildman–Crippen LogP) is 7.49. The number of ether oxygens (including phenoxy) is 3. The lowest BCUT2D eigenvalue weighted by Crippen LogP contribution is -2.55. The maximum Gasteiger partial charge on any atom is 0.408 e. The number of carbonyl (C=O) groups excluding carboxylic acids is 4. The Morgan fingerprint density at radius 2 is 0.938 bits per heavy atom. The second kappa shape index (κ2) is 21.1. The van der Waals surface area contributed by atoms with Gasteiger partial charge < -0.3 is 35.5 Å². The van der Waals surface area contributed by atoms with Gasteiger partial charge in [0.2, 0.25) is 11.8 Å². The second-order valence-electron chi connectivity index (χ2n) is 16.8. The molecule has 1 aliphatic heterocycles. The fraction of sp³-hybridized carbons (Fsp3) is 0.320. The molecule has 1 saturated heterocycles. The zero-order valence-corrected chi connectivity index (χ0v) is 36.5. The summed E-state index contributed by atoms with van der Waals surface area (Å²) in [4.78, 5) is 63.0. The van der Waals surface area contributed by atoms with E-state index in [1.54, 1.807) is 76.2 Å². The van der Waals surface area contributed by atoms with Gasteiger partial charge >= 0.3 is 12.2 Å². The van der Waals surface area contributed by atoms with Crippen LogP contribution in [-0.2, 0) is 49.9 Å². The number of carbonyl (C=O) groups is 4. The number of aromatic nitrogens is 2. The summed E-state index contributed by atoms with van der Waals surface area (Å²) in [6.45, 7) is 6.69. The topological polar surface area (TPSA) is 173 Å². The molecule has 0 unspecified atom stereocenters. The van der Waals surface area contributed by atoms with E-state index < -0.39 is 72.0 Å². The second-order valence-corrected chi connectivity index (χ2v) is 16.8. The van der Waals surface area contributed by atoms with Crippen LogP contribution in [0.25, 0.3) is 21.8 Å². The van der Waals surface area contributed by atoms with E-state index in [0.29, 0.717) is 35.0 Å². The Balaban J connectivity index is 1.02. The molecular formula is C50H52F2N6O7. The average Bonchev–Trinajstić information content (AvgIpc) is 4.10. The van der Waals surface area contributed by atoms with Gasteiger partial charge in [0.15, 0.2) is 0 Å². The van der Waals surface area contributed by atoms with Crippen LogP contribution in [0, 0.1) is 23.5 Å². The van der Waals surface area contributed by atoms with Crippen molar-refractivity contribution in [2.45, 2.75) is 90.1 Å². The van der Waals surface area contributed by atoms with E-state index in [9.17, 15) is 28.0 Å². The number of para-hydroxylation sites is 2. The maximum absolute atomic E-state index is 14.4. The molecule has 0 saturated carbocycles. The molecule has 13 nitrogen and oxygen atoms in total. The number of nitrogens with zero attached hydrogens (tertiary/aromatic N) is 2. The zero-order valence-electron chi connectivity index (χ0n) is 36.5. The van der Waals surface area contributed by atoms with Crippen LogP contribution in [0.4, 0.5) is 18.4 Å². The normalized spacial score (nSPS) is 16.3. The summed E-state index contributed by atoms with van der Waals surface area (Å²) in [6, 6.07) is 31.8. The number of epoxide rings is 1. The maximum atomic E-state index is 14.4. The number of pyridine rings is 2. The highest BCUT2D eigenvalue weighted by molar-refractivity contribution is 5.87. The number of amides is 4. The van der Waals surface area contributed by atoms with E-state index in [0.717, 1.165) is 11.1 Å². The van der Waals surface area contributed by atoms with Crippen LogP contribution in [0.2, 0.25) is 0 Å². The van der Waals surface area contributed by atoms with Gasteiger partial charge in [0.1, 0.15) is 60.2 Å². The van der Waals surface area contributed by atoms with Crippen molar-refractivity contribution in [2.75, 3.05) is 0 Å². The van der Waals surface area contributed by atoms with Gasteiger partial charge in [-0.2, -0.15) is 0 Å². The van der Waals surface area contributed by atoms with Crippen LogP contribution < -0.4 is 21.3 Å². The van der Waals surface area contributed by atoms with Gasteiger partial charge in [-0.3, -0.25) is 9.59 Å². The molecule has 6 aromatic rings. The van der Waals surface area contributed by atoms with Crippen molar-refractivity contribution in [3.05, 3.63) is 155 Å². The highest BCUT2D eigenvalue weighted by Crippen LogP contribution is 2.32. The smallest absolute Gasteiger partial charge is 0.408 e. The molecular weight excluding hydrogens is 835 g/mol. The molecule has 1 aliphatic rings. The Morgan fingerprint density at radius 1 is 0.538 bits per heavy atom. The Kier molecular flexibility index (Phi) is 14.9. The molecule has 0 bridgehead atoms. The van der Waals surface area contributed by atoms with Crippen molar-refractivity contribution < 1.29 is 42.2 Å². The van der Waals surface area contributed by atoms with Gasteiger partial charge in [0, 0.05) is 10.8 Å². The number of hydrogen-bond acceptors (Lipinski definition) is 9. The van der Waals surface area contributed by atoms with Crippen molar-refractivity contribution in [3.63, 3.8) is 0 Å². The minimum absolute atomic E-state index is 0.159. The molecule has 4 aromatic carbocycles. The Hall–Kier alpha value is -7.00. The van der Waals surface area contributed by atoms with E-state index in [-0.39, 0.29) is 36.1 Å².